The van der Waals surface area contributed by atoms with Gasteiger partial charge in [-0.15, -0.1) is 0 Å². The number of sulfonamides is 1. The molecule has 1 fully saturated rings. The molecule has 0 spiro atoms. The van der Waals surface area contributed by atoms with Crippen LogP contribution in [0.15, 0.2) is 17.0 Å². The van der Waals surface area contributed by atoms with Crippen LogP contribution in [0.1, 0.15) is 37.3 Å². The van der Waals surface area contributed by atoms with Crippen LogP contribution in [0, 0.1) is 19.3 Å². The molecule has 1 saturated carbocycles. The molecule has 106 valence electrons. The van der Waals surface area contributed by atoms with Gasteiger partial charge in [0.2, 0.25) is 10.0 Å². The van der Waals surface area contributed by atoms with E-state index in [-0.39, 0.29) is 10.3 Å². The highest BCUT2D eigenvalue weighted by atomic mass is 32.2. The van der Waals surface area contributed by atoms with Crippen LogP contribution >= 0.6 is 0 Å². The van der Waals surface area contributed by atoms with E-state index in [0.29, 0.717) is 12.2 Å². The van der Waals surface area contributed by atoms with E-state index in [2.05, 4.69) is 11.6 Å². The van der Waals surface area contributed by atoms with Crippen molar-refractivity contribution in [2.75, 3.05) is 12.3 Å². The van der Waals surface area contributed by atoms with Crippen molar-refractivity contribution in [1.82, 2.24) is 4.72 Å². The predicted octanol–water partition coefficient (Wildman–Crippen LogP) is 2.35. The van der Waals surface area contributed by atoms with E-state index in [1.54, 1.807) is 13.0 Å². The first-order valence-electron chi connectivity index (χ1n) is 6.67. The lowest BCUT2D eigenvalue weighted by Crippen LogP contribution is -2.31. The first-order chi connectivity index (χ1) is 8.81. The number of hydrogen-bond acceptors (Lipinski definition) is 3. The minimum Gasteiger partial charge on any atom is -0.398 e. The highest BCUT2D eigenvalue weighted by Crippen LogP contribution is 2.48. The van der Waals surface area contributed by atoms with Gasteiger partial charge in [0.15, 0.2) is 0 Å². The van der Waals surface area contributed by atoms with E-state index in [1.807, 2.05) is 13.0 Å². The second-order valence-corrected chi connectivity index (χ2v) is 7.31. The van der Waals surface area contributed by atoms with Crippen molar-refractivity contribution in [2.45, 2.75) is 44.9 Å². The van der Waals surface area contributed by atoms with Crippen LogP contribution in [0.25, 0.3) is 0 Å². The molecule has 0 unspecified atom stereocenters. The average Bonchev–Trinajstić information content (AvgIpc) is 3.13. The minimum atomic E-state index is -3.52. The van der Waals surface area contributed by atoms with Crippen LogP contribution in [-0.2, 0) is 10.0 Å². The molecule has 0 aromatic heterocycles. The fourth-order valence-electron chi connectivity index (χ4n) is 2.32. The van der Waals surface area contributed by atoms with Crippen molar-refractivity contribution in [3.8, 4) is 0 Å². The van der Waals surface area contributed by atoms with Crippen LogP contribution in [0.3, 0.4) is 0 Å². The Morgan fingerprint density at radius 3 is 2.47 bits per heavy atom. The molecule has 1 aromatic rings. The molecule has 19 heavy (non-hydrogen) atoms. The Bertz CT molecular complexity index is 590. The molecule has 2 rings (SSSR count). The third kappa shape index (κ3) is 2.77. The number of nitrogens with one attached hydrogen (secondary N) is 1. The third-order valence-electron chi connectivity index (χ3n) is 4.32. The molecule has 4 nitrogen and oxygen atoms in total. The van der Waals surface area contributed by atoms with E-state index in [1.165, 1.54) is 0 Å². The molecule has 0 bridgehead atoms. The highest BCUT2D eigenvalue weighted by molar-refractivity contribution is 7.89. The lowest BCUT2D eigenvalue weighted by atomic mass is 10.1. The van der Waals surface area contributed by atoms with Crippen LogP contribution in [0.5, 0.6) is 0 Å². The smallest absolute Gasteiger partial charge is 0.242 e. The summed E-state index contributed by atoms with van der Waals surface area (Å²) in [6, 6.07) is 3.50. The van der Waals surface area contributed by atoms with E-state index in [0.717, 1.165) is 30.4 Å². The molecular formula is C14H22N2O2S. The van der Waals surface area contributed by atoms with Crippen molar-refractivity contribution in [2.24, 2.45) is 5.41 Å². The van der Waals surface area contributed by atoms with Gasteiger partial charge in [-0.05, 0) is 55.7 Å². The van der Waals surface area contributed by atoms with Crippen molar-refractivity contribution in [3.63, 3.8) is 0 Å². The maximum absolute atomic E-state index is 12.4. The van der Waals surface area contributed by atoms with Crippen molar-refractivity contribution in [3.05, 3.63) is 23.3 Å². The summed E-state index contributed by atoms with van der Waals surface area (Å²) < 4.78 is 27.6. The van der Waals surface area contributed by atoms with Gasteiger partial charge in [0, 0.05) is 6.54 Å². The molecule has 0 amide bonds. The average molecular weight is 282 g/mol. The Morgan fingerprint density at radius 2 is 1.95 bits per heavy atom. The number of nitrogen functional groups attached to an aromatic ring is 1. The van der Waals surface area contributed by atoms with Gasteiger partial charge in [0.25, 0.3) is 0 Å². The summed E-state index contributed by atoms with van der Waals surface area (Å²) in [5.74, 6) is 0. The number of anilines is 1. The SMILES string of the molecule is CCC1(CNS(=O)(=O)c2c(N)ccc(C)c2C)CC1. The Balaban J connectivity index is 2.27. The number of benzene rings is 1. The number of aryl methyl sites for hydroxylation is 1. The van der Waals surface area contributed by atoms with Gasteiger partial charge < -0.3 is 5.73 Å². The van der Waals surface area contributed by atoms with E-state index in [9.17, 15) is 8.42 Å². The molecule has 0 aliphatic heterocycles. The quantitative estimate of drug-likeness (QED) is 0.814. The second kappa shape index (κ2) is 4.80. The van der Waals surface area contributed by atoms with Crippen LogP contribution in [-0.4, -0.2) is 15.0 Å². The molecule has 3 N–H and O–H groups in total. The maximum Gasteiger partial charge on any atom is 0.242 e. The second-order valence-electron chi connectivity index (χ2n) is 5.60. The summed E-state index contributed by atoms with van der Waals surface area (Å²) >= 11 is 0. The summed E-state index contributed by atoms with van der Waals surface area (Å²) in [6.07, 6.45) is 3.22. The van der Waals surface area contributed by atoms with Gasteiger partial charge in [-0.2, -0.15) is 0 Å². The van der Waals surface area contributed by atoms with E-state index >= 15 is 0 Å². The summed E-state index contributed by atoms with van der Waals surface area (Å²) in [5.41, 5.74) is 8.01. The number of nitrogens with two attached hydrogens (primary N) is 1. The first-order valence-corrected chi connectivity index (χ1v) is 8.15. The molecule has 0 saturated heterocycles. The molecule has 0 atom stereocenters. The van der Waals surface area contributed by atoms with E-state index < -0.39 is 10.0 Å². The lowest BCUT2D eigenvalue weighted by Gasteiger charge is -2.17. The number of rotatable bonds is 5. The molecule has 1 aliphatic carbocycles. The molecule has 0 heterocycles. The monoisotopic (exact) mass is 282 g/mol. The van der Waals surface area contributed by atoms with Gasteiger partial charge in [-0.1, -0.05) is 13.0 Å². The normalized spacial score (nSPS) is 17.4. The third-order valence-corrected chi connectivity index (χ3v) is 5.92. The summed E-state index contributed by atoms with van der Waals surface area (Å²) in [5, 5.41) is 0. The van der Waals surface area contributed by atoms with Crippen molar-refractivity contribution >= 4 is 15.7 Å². The lowest BCUT2D eigenvalue weighted by molar-refractivity contribution is 0.475. The number of hydrogen-bond donors (Lipinski definition) is 2. The van der Waals surface area contributed by atoms with Gasteiger partial charge in [0.05, 0.1) is 5.69 Å². The molecule has 5 heteroatoms. The van der Waals surface area contributed by atoms with Gasteiger partial charge in [0.1, 0.15) is 4.90 Å². The van der Waals surface area contributed by atoms with Crippen LogP contribution in [0.4, 0.5) is 5.69 Å². The van der Waals surface area contributed by atoms with Gasteiger partial charge >= 0.3 is 0 Å². The van der Waals surface area contributed by atoms with Gasteiger partial charge in [-0.25, -0.2) is 13.1 Å². The zero-order valence-electron chi connectivity index (χ0n) is 11.8. The zero-order chi connectivity index (χ0) is 14.3. The zero-order valence-corrected chi connectivity index (χ0v) is 12.6. The topological polar surface area (TPSA) is 72.2 Å². The Morgan fingerprint density at radius 1 is 1.32 bits per heavy atom. The van der Waals surface area contributed by atoms with Crippen molar-refractivity contribution in [1.29, 1.82) is 0 Å². The van der Waals surface area contributed by atoms with Gasteiger partial charge in [-0.3, -0.25) is 0 Å². The minimum absolute atomic E-state index is 0.180. The standard InChI is InChI=1S/C14H22N2O2S/c1-4-14(7-8-14)9-16-19(17,18)13-11(3)10(2)5-6-12(13)15/h5-6,16H,4,7-9,15H2,1-3H3. The highest BCUT2D eigenvalue weighted by Gasteiger charge is 2.41. The Hall–Kier alpha value is -1.07. The molecule has 1 aromatic carbocycles. The van der Waals surface area contributed by atoms with E-state index in [4.69, 9.17) is 5.73 Å². The fourth-order valence-corrected chi connectivity index (χ4v) is 3.90. The largest absolute Gasteiger partial charge is 0.398 e. The summed E-state index contributed by atoms with van der Waals surface area (Å²) in [6.45, 7) is 6.31. The molecular weight excluding hydrogens is 260 g/mol. The van der Waals surface area contributed by atoms with Crippen molar-refractivity contribution < 1.29 is 8.42 Å². The molecule has 0 radical (unpaired) electrons. The van der Waals surface area contributed by atoms with Crippen LogP contribution < -0.4 is 10.5 Å². The summed E-state index contributed by atoms with van der Waals surface area (Å²) in [7, 11) is -3.52. The summed E-state index contributed by atoms with van der Waals surface area (Å²) in [4.78, 5) is 0.236. The maximum atomic E-state index is 12.4. The fraction of sp³-hybridized carbons (Fsp3) is 0.571. The Kier molecular flexibility index (Phi) is 3.62. The predicted molar refractivity (Wildman–Crippen MR) is 77.5 cm³/mol. The molecule has 1 aliphatic rings. The van der Waals surface area contributed by atoms with Crippen LogP contribution in [0.2, 0.25) is 0 Å². The Labute approximate surface area is 115 Å². The first kappa shape index (κ1) is 14.3.